The van der Waals surface area contributed by atoms with Gasteiger partial charge in [0.25, 0.3) is 0 Å². The second kappa shape index (κ2) is 6.02. The standard InChI is InChI=1S/C14H30N2/c1-6-12(2)13(3)15-11-14(4)7-9-16(5)10-8-14/h12-13,15H,6-11H2,1-5H3. The Kier molecular flexibility index (Phi) is 5.26. The highest BCUT2D eigenvalue weighted by atomic mass is 15.1. The van der Waals surface area contributed by atoms with Crippen molar-refractivity contribution >= 4 is 0 Å². The minimum absolute atomic E-state index is 0.522. The van der Waals surface area contributed by atoms with E-state index in [0.29, 0.717) is 11.5 Å². The van der Waals surface area contributed by atoms with Gasteiger partial charge in [-0.3, -0.25) is 0 Å². The van der Waals surface area contributed by atoms with Crippen LogP contribution in [0.2, 0.25) is 0 Å². The highest BCUT2D eigenvalue weighted by molar-refractivity contribution is 4.84. The van der Waals surface area contributed by atoms with E-state index < -0.39 is 0 Å². The molecule has 2 heteroatoms. The van der Waals surface area contributed by atoms with Gasteiger partial charge in [0.05, 0.1) is 0 Å². The molecule has 2 nitrogen and oxygen atoms in total. The summed E-state index contributed by atoms with van der Waals surface area (Å²) in [6, 6.07) is 0.654. The molecule has 2 unspecified atom stereocenters. The molecule has 1 rings (SSSR count). The first kappa shape index (κ1) is 14.0. The van der Waals surface area contributed by atoms with Crippen LogP contribution in [0, 0.1) is 11.3 Å². The van der Waals surface area contributed by atoms with Crippen molar-refractivity contribution in [2.45, 2.75) is 53.0 Å². The van der Waals surface area contributed by atoms with Crippen LogP contribution >= 0.6 is 0 Å². The van der Waals surface area contributed by atoms with Gasteiger partial charge < -0.3 is 10.2 Å². The van der Waals surface area contributed by atoms with Crippen molar-refractivity contribution in [1.29, 1.82) is 0 Å². The van der Waals surface area contributed by atoms with E-state index in [9.17, 15) is 0 Å². The van der Waals surface area contributed by atoms with Crippen LogP contribution in [0.4, 0.5) is 0 Å². The number of rotatable bonds is 5. The van der Waals surface area contributed by atoms with Gasteiger partial charge in [-0.25, -0.2) is 0 Å². The summed E-state index contributed by atoms with van der Waals surface area (Å²) < 4.78 is 0. The van der Waals surface area contributed by atoms with Crippen LogP contribution in [0.1, 0.15) is 47.0 Å². The molecule has 1 aliphatic heterocycles. The van der Waals surface area contributed by atoms with Gasteiger partial charge in [-0.05, 0) is 51.2 Å². The Labute approximate surface area is 102 Å². The summed E-state index contributed by atoms with van der Waals surface area (Å²) in [7, 11) is 2.23. The summed E-state index contributed by atoms with van der Waals surface area (Å²) in [4.78, 5) is 2.44. The molecule has 1 aliphatic rings. The maximum absolute atomic E-state index is 3.74. The predicted octanol–water partition coefficient (Wildman–Crippen LogP) is 2.74. The number of hydrogen-bond donors (Lipinski definition) is 1. The first-order chi connectivity index (χ1) is 7.47. The lowest BCUT2D eigenvalue weighted by Crippen LogP contribution is -2.45. The Balaban J connectivity index is 2.31. The van der Waals surface area contributed by atoms with E-state index in [-0.39, 0.29) is 0 Å². The Morgan fingerprint density at radius 1 is 1.25 bits per heavy atom. The quantitative estimate of drug-likeness (QED) is 0.775. The Hall–Kier alpha value is -0.0800. The van der Waals surface area contributed by atoms with Gasteiger partial charge in [0.2, 0.25) is 0 Å². The molecule has 0 amide bonds. The lowest BCUT2D eigenvalue weighted by Gasteiger charge is -2.39. The second-order valence-electron chi connectivity index (χ2n) is 6.17. The minimum Gasteiger partial charge on any atom is -0.313 e. The average molecular weight is 226 g/mol. The molecule has 1 fully saturated rings. The van der Waals surface area contributed by atoms with Crippen molar-refractivity contribution in [3.05, 3.63) is 0 Å². The van der Waals surface area contributed by atoms with Crippen LogP contribution in [0.3, 0.4) is 0 Å². The summed E-state index contributed by atoms with van der Waals surface area (Å²) in [6.45, 7) is 13.1. The molecule has 0 bridgehead atoms. The maximum atomic E-state index is 3.74. The molecule has 1 heterocycles. The second-order valence-corrected chi connectivity index (χ2v) is 6.17. The largest absolute Gasteiger partial charge is 0.313 e. The SMILES string of the molecule is CCC(C)C(C)NCC1(C)CCN(C)CC1. The first-order valence-electron chi connectivity index (χ1n) is 6.89. The highest BCUT2D eigenvalue weighted by Crippen LogP contribution is 2.29. The summed E-state index contributed by atoms with van der Waals surface area (Å²) in [6.07, 6.45) is 3.95. The molecule has 0 saturated carbocycles. The van der Waals surface area contributed by atoms with Gasteiger partial charge in [-0.2, -0.15) is 0 Å². The Morgan fingerprint density at radius 3 is 2.31 bits per heavy atom. The summed E-state index contributed by atoms with van der Waals surface area (Å²) in [5, 5.41) is 3.74. The van der Waals surface area contributed by atoms with Crippen LogP contribution in [0.25, 0.3) is 0 Å². The van der Waals surface area contributed by atoms with Crippen molar-refractivity contribution in [1.82, 2.24) is 10.2 Å². The molecular formula is C14H30N2. The molecule has 0 radical (unpaired) electrons. The molecule has 96 valence electrons. The third-order valence-corrected chi connectivity index (χ3v) is 4.54. The summed E-state index contributed by atoms with van der Waals surface area (Å²) in [5.41, 5.74) is 0.522. The van der Waals surface area contributed by atoms with Crippen molar-refractivity contribution in [2.24, 2.45) is 11.3 Å². The van der Waals surface area contributed by atoms with E-state index in [4.69, 9.17) is 0 Å². The van der Waals surface area contributed by atoms with E-state index >= 15 is 0 Å². The lowest BCUT2D eigenvalue weighted by atomic mass is 9.80. The fraction of sp³-hybridized carbons (Fsp3) is 1.00. The molecule has 0 aromatic heterocycles. The number of piperidine rings is 1. The predicted molar refractivity (Wildman–Crippen MR) is 71.8 cm³/mol. The summed E-state index contributed by atoms with van der Waals surface area (Å²) in [5.74, 6) is 0.787. The summed E-state index contributed by atoms with van der Waals surface area (Å²) >= 11 is 0. The fourth-order valence-electron chi connectivity index (χ4n) is 2.30. The molecular weight excluding hydrogens is 196 g/mol. The van der Waals surface area contributed by atoms with Crippen molar-refractivity contribution in [3.8, 4) is 0 Å². The van der Waals surface area contributed by atoms with Crippen molar-refractivity contribution in [3.63, 3.8) is 0 Å². The zero-order valence-electron chi connectivity index (χ0n) is 11.8. The molecule has 1 saturated heterocycles. The zero-order valence-corrected chi connectivity index (χ0v) is 11.8. The number of nitrogens with zero attached hydrogens (tertiary/aromatic N) is 1. The van der Waals surface area contributed by atoms with Crippen LogP contribution in [-0.2, 0) is 0 Å². The third kappa shape index (κ3) is 4.06. The van der Waals surface area contributed by atoms with Gasteiger partial charge in [0.15, 0.2) is 0 Å². The van der Waals surface area contributed by atoms with Crippen LogP contribution in [0.5, 0.6) is 0 Å². The van der Waals surface area contributed by atoms with E-state index in [2.05, 4.69) is 45.0 Å². The number of hydrogen-bond acceptors (Lipinski definition) is 2. The molecule has 0 aromatic carbocycles. The number of nitrogens with one attached hydrogen (secondary N) is 1. The van der Waals surface area contributed by atoms with Gasteiger partial charge in [-0.1, -0.05) is 27.2 Å². The van der Waals surface area contributed by atoms with Gasteiger partial charge in [-0.15, -0.1) is 0 Å². The van der Waals surface area contributed by atoms with E-state index in [1.165, 1.54) is 38.9 Å². The normalized spacial score (nSPS) is 25.3. The van der Waals surface area contributed by atoms with Crippen LogP contribution in [0.15, 0.2) is 0 Å². The topological polar surface area (TPSA) is 15.3 Å². The monoisotopic (exact) mass is 226 g/mol. The van der Waals surface area contributed by atoms with Crippen LogP contribution in [-0.4, -0.2) is 37.6 Å². The molecule has 0 spiro atoms. The fourth-order valence-corrected chi connectivity index (χ4v) is 2.30. The van der Waals surface area contributed by atoms with E-state index in [0.717, 1.165) is 5.92 Å². The van der Waals surface area contributed by atoms with E-state index in [1.54, 1.807) is 0 Å². The van der Waals surface area contributed by atoms with Crippen LogP contribution < -0.4 is 5.32 Å². The molecule has 16 heavy (non-hydrogen) atoms. The first-order valence-corrected chi connectivity index (χ1v) is 6.89. The van der Waals surface area contributed by atoms with Crippen molar-refractivity contribution < 1.29 is 0 Å². The Morgan fingerprint density at radius 2 is 1.81 bits per heavy atom. The lowest BCUT2D eigenvalue weighted by molar-refractivity contribution is 0.131. The van der Waals surface area contributed by atoms with Gasteiger partial charge in [0, 0.05) is 12.6 Å². The van der Waals surface area contributed by atoms with Gasteiger partial charge in [0.1, 0.15) is 0 Å². The average Bonchev–Trinajstić information content (AvgIpc) is 2.29. The number of likely N-dealkylation sites (tertiary alicyclic amines) is 1. The van der Waals surface area contributed by atoms with Crippen molar-refractivity contribution in [2.75, 3.05) is 26.7 Å². The molecule has 1 N–H and O–H groups in total. The molecule has 2 atom stereocenters. The minimum atomic E-state index is 0.522. The maximum Gasteiger partial charge on any atom is 0.00644 e. The highest BCUT2D eigenvalue weighted by Gasteiger charge is 2.29. The molecule has 0 aliphatic carbocycles. The zero-order chi connectivity index (χ0) is 12.2. The van der Waals surface area contributed by atoms with Gasteiger partial charge >= 0.3 is 0 Å². The third-order valence-electron chi connectivity index (χ3n) is 4.54. The van der Waals surface area contributed by atoms with E-state index in [1.807, 2.05) is 0 Å². The smallest absolute Gasteiger partial charge is 0.00644 e. The molecule has 0 aromatic rings. The Bertz CT molecular complexity index is 195.